The molecule has 2 aromatic rings. The first-order chi connectivity index (χ1) is 13.1. The van der Waals surface area contributed by atoms with Gasteiger partial charge in [-0.25, -0.2) is 12.8 Å². The lowest BCUT2D eigenvalue weighted by molar-refractivity contribution is -0.122. The number of carbonyl (C=O) groups is 1. The summed E-state index contributed by atoms with van der Waals surface area (Å²) < 4.78 is 36.3. The summed E-state index contributed by atoms with van der Waals surface area (Å²) in [7, 11) is -3.39. The van der Waals surface area contributed by atoms with Crippen molar-refractivity contribution in [2.75, 3.05) is 12.9 Å². The summed E-state index contributed by atoms with van der Waals surface area (Å²) in [5, 5.41) is 31.4. The summed E-state index contributed by atoms with van der Waals surface area (Å²) in [4.78, 5) is 12.1. The van der Waals surface area contributed by atoms with Crippen LogP contribution in [0.5, 0.6) is 11.5 Å². The van der Waals surface area contributed by atoms with Crippen molar-refractivity contribution >= 4 is 15.7 Å². The van der Waals surface area contributed by atoms with Crippen LogP contribution >= 0.6 is 0 Å². The molecule has 0 aliphatic carbocycles. The van der Waals surface area contributed by atoms with E-state index >= 15 is 0 Å². The van der Waals surface area contributed by atoms with Crippen molar-refractivity contribution in [3.8, 4) is 11.5 Å². The number of benzene rings is 2. The van der Waals surface area contributed by atoms with Gasteiger partial charge < -0.3 is 20.6 Å². The molecule has 4 N–H and O–H groups in total. The van der Waals surface area contributed by atoms with Crippen molar-refractivity contribution in [1.29, 1.82) is 0 Å². The molecular formula is C19H22FNO6S. The topological polar surface area (TPSA) is 124 Å². The first-order valence-electron chi connectivity index (χ1n) is 8.46. The fourth-order valence-corrected chi connectivity index (χ4v) is 3.24. The SMILES string of the molecule is CS(=O)(=O)c1ccc([C@H](O)C(CF)NC(=O)CCc2ccc(O)c(O)c2)cc1. The average molecular weight is 411 g/mol. The number of phenols is 2. The predicted molar refractivity (Wildman–Crippen MR) is 101 cm³/mol. The number of hydrogen-bond acceptors (Lipinski definition) is 6. The van der Waals surface area contributed by atoms with Crippen LogP contribution in [0.1, 0.15) is 23.7 Å². The molecule has 0 bridgehead atoms. The van der Waals surface area contributed by atoms with E-state index in [0.717, 1.165) is 6.26 Å². The number of carbonyl (C=O) groups excluding carboxylic acids is 1. The molecule has 2 rings (SSSR count). The molecule has 0 aliphatic rings. The number of nitrogens with one attached hydrogen (secondary N) is 1. The number of phenolic OH excluding ortho intramolecular Hbond substituents is 2. The zero-order valence-corrected chi connectivity index (χ0v) is 16.0. The highest BCUT2D eigenvalue weighted by molar-refractivity contribution is 7.90. The average Bonchev–Trinajstić information content (AvgIpc) is 2.66. The first kappa shape index (κ1) is 21.6. The molecule has 0 heterocycles. The van der Waals surface area contributed by atoms with Gasteiger partial charge in [-0.05, 0) is 41.8 Å². The van der Waals surface area contributed by atoms with Gasteiger partial charge in [-0.2, -0.15) is 0 Å². The minimum Gasteiger partial charge on any atom is -0.504 e. The highest BCUT2D eigenvalue weighted by Gasteiger charge is 2.23. The Morgan fingerprint density at radius 3 is 2.29 bits per heavy atom. The van der Waals surface area contributed by atoms with Crippen LogP contribution in [0.25, 0.3) is 0 Å². The number of aromatic hydroxyl groups is 2. The van der Waals surface area contributed by atoms with Gasteiger partial charge in [0.25, 0.3) is 0 Å². The van der Waals surface area contributed by atoms with Crippen molar-refractivity contribution < 1.29 is 32.9 Å². The molecule has 1 amide bonds. The maximum atomic E-state index is 13.4. The number of sulfone groups is 1. The molecule has 9 heteroatoms. The van der Waals surface area contributed by atoms with Gasteiger partial charge in [0, 0.05) is 12.7 Å². The molecule has 0 saturated heterocycles. The van der Waals surface area contributed by atoms with Gasteiger partial charge in [0.15, 0.2) is 21.3 Å². The van der Waals surface area contributed by atoms with E-state index in [1.165, 1.54) is 36.4 Å². The number of aliphatic hydroxyl groups is 1. The number of halogens is 1. The summed E-state index contributed by atoms with van der Waals surface area (Å²) in [6, 6.07) is 8.34. The van der Waals surface area contributed by atoms with Gasteiger partial charge >= 0.3 is 0 Å². The Kier molecular flexibility index (Phi) is 6.98. The van der Waals surface area contributed by atoms with Gasteiger partial charge in [-0.15, -0.1) is 0 Å². The number of amides is 1. The van der Waals surface area contributed by atoms with E-state index in [9.17, 15) is 32.9 Å². The first-order valence-corrected chi connectivity index (χ1v) is 10.3. The van der Waals surface area contributed by atoms with E-state index < -0.39 is 34.6 Å². The molecule has 0 aromatic heterocycles. The second-order valence-corrected chi connectivity index (χ2v) is 8.45. The third kappa shape index (κ3) is 5.67. The van der Waals surface area contributed by atoms with Crippen LogP contribution in [0.3, 0.4) is 0 Å². The van der Waals surface area contributed by atoms with E-state index in [1.807, 2.05) is 0 Å². The molecule has 2 aromatic carbocycles. The fourth-order valence-electron chi connectivity index (χ4n) is 2.61. The van der Waals surface area contributed by atoms with Crippen molar-refractivity contribution in [3.05, 3.63) is 53.6 Å². The molecule has 0 fully saturated rings. The summed E-state index contributed by atoms with van der Waals surface area (Å²) >= 11 is 0. The van der Waals surface area contributed by atoms with Crippen molar-refractivity contribution in [1.82, 2.24) is 5.32 Å². The molecule has 28 heavy (non-hydrogen) atoms. The van der Waals surface area contributed by atoms with Crippen molar-refractivity contribution in [2.24, 2.45) is 0 Å². The molecule has 0 spiro atoms. The second-order valence-electron chi connectivity index (χ2n) is 6.44. The lowest BCUT2D eigenvalue weighted by Gasteiger charge is -2.22. The Morgan fingerprint density at radius 1 is 1.11 bits per heavy atom. The minimum absolute atomic E-state index is 0.0134. The Balaban J connectivity index is 1.98. The summed E-state index contributed by atoms with van der Waals surface area (Å²) in [6.07, 6.45) is -0.0601. The molecule has 152 valence electrons. The van der Waals surface area contributed by atoms with Crippen molar-refractivity contribution in [2.45, 2.75) is 29.9 Å². The summed E-state index contributed by atoms with van der Waals surface area (Å²) in [5.41, 5.74) is 0.887. The van der Waals surface area contributed by atoms with E-state index in [4.69, 9.17) is 0 Å². The Bertz CT molecular complexity index is 930. The number of aryl methyl sites for hydroxylation is 1. The summed E-state index contributed by atoms with van der Waals surface area (Å²) in [6.45, 7) is -1.01. The molecule has 0 radical (unpaired) electrons. The van der Waals surface area contributed by atoms with Crippen LogP contribution in [-0.4, -0.2) is 48.6 Å². The minimum atomic E-state index is -3.39. The largest absolute Gasteiger partial charge is 0.504 e. The quantitative estimate of drug-likeness (QED) is 0.490. The van der Waals surface area contributed by atoms with Gasteiger partial charge in [-0.3, -0.25) is 4.79 Å². The standard InChI is InChI=1S/C19H22FNO6S/c1-28(26,27)14-6-4-13(5-7-14)19(25)15(11-20)21-18(24)9-3-12-2-8-16(22)17(23)10-12/h2,4-8,10,15,19,22-23,25H,3,9,11H2,1H3,(H,21,24)/t15?,19-/m0/s1. The molecular weight excluding hydrogens is 389 g/mol. The van der Waals surface area contributed by atoms with Gasteiger partial charge in [0.05, 0.1) is 10.9 Å². The fraction of sp³-hybridized carbons (Fsp3) is 0.316. The predicted octanol–water partition coefficient (Wildman–Crippen LogP) is 1.62. The van der Waals surface area contributed by atoms with Gasteiger partial charge in [0.2, 0.25) is 5.91 Å². The van der Waals surface area contributed by atoms with Crippen LogP contribution in [-0.2, 0) is 21.1 Å². The third-order valence-corrected chi connectivity index (χ3v) is 5.35. The maximum absolute atomic E-state index is 13.4. The third-order valence-electron chi connectivity index (χ3n) is 4.22. The number of alkyl halides is 1. The number of hydrogen-bond donors (Lipinski definition) is 4. The zero-order valence-electron chi connectivity index (χ0n) is 15.2. The van der Waals surface area contributed by atoms with E-state index in [2.05, 4.69) is 5.32 Å². The van der Waals surface area contributed by atoms with Gasteiger partial charge in [-0.1, -0.05) is 18.2 Å². The van der Waals surface area contributed by atoms with E-state index in [0.29, 0.717) is 5.56 Å². The summed E-state index contributed by atoms with van der Waals surface area (Å²) in [5.74, 6) is -1.06. The van der Waals surface area contributed by atoms with Crippen LogP contribution in [0.4, 0.5) is 4.39 Å². The lowest BCUT2D eigenvalue weighted by atomic mass is 10.0. The maximum Gasteiger partial charge on any atom is 0.220 e. The van der Waals surface area contributed by atoms with Crippen molar-refractivity contribution in [3.63, 3.8) is 0 Å². The molecule has 2 atom stereocenters. The Morgan fingerprint density at radius 2 is 1.75 bits per heavy atom. The Labute approximate surface area is 162 Å². The normalized spacial score (nSPS) is 13.7. The molecule has 1 unspecified atom stereocenters. The number of rotatable bonds is 8. The van der Waals surface area contributed by atoms with E-state index in [-0.39, 0.29) is 34.8 Å². The highest BCUT2D eigenvalue weighted by Crippen LogP contribution is 2.25. The van der Waals surface area contributed by atoms with Crippen LogP contribution in [0, 0.1) is 0 Å². The smallest absolute Gasteiger partial charge is 0.220 e. The molecule has 0 saturated carbocycles. The van der Waals surface area contributed by atoms with E-state index in [1.54, 1.807) is 6.07 Å². The van der Waals surface area contributed by atoms with Crippen LogP contribution < -0.4 is 5.32 Å². The lowest BCUT2D eigenvalue weighted by Crippen LogP contribution is -2.41. The van der Waals surface area contributed by atoms with Crippen LogP contribution in [0.2, 0.25) is 0 Å². The molecule has 7 nitrogen and oxygen atoms in total. The number of aliphatic hydroxyl groups excluding tert-OH is 1. The van der Waals surface area contributed by atoms with Crippen LogP contribution in [0.15, 0.2) is 47.4 Å². The zero-order chi connectivity index (χ0) is 20.9. The highest BCUT2D eigenvalue weighted by atomic mass is 32.2. The second kappa shape index (κ2) is 9.03. The van der Waals surface area contributed by atoms with Gasteiger partial charge in [0.1, 0.15) is 12.8 Å². The molecule has 0 aliphatic heterocycles. The Hall–Kier alpha value is -2.65. The monoisotopic (exact) mass is 411 g/mol.